The normalized spacial score (nSPS) is 14.0. The summed E-state index contributed by atoms with van der Waals surface area (Å²) in [7, 11) is 1.61. The lowest BCUT2D eigenvalue weighted by atomic mass is 9.96. The van der Waals surface area contributed by atoms with Gasteiger partial charge in [-0.1, -0.05) is 27.7 Å². The van der Waals surface area contributed by atoms with Gasteiger partial charge < -0.3 is 31.8 Å². The fourth-order valence-corrected chi connectivity index (χ4v) is 2.90. The molecule has 0 aromatic heterocycles. The molecule has 0 radical (unpaired) electrons. The lowest BCUT2D eigenvalue weighted by Gasteiger charge is -2.27. The molecule has 0 heterocycles. The summed E-state index contributed by atoms with van der Waals surface area (Å²) in [6.45, 7) is 7.36. The largest absolute Gasteiger partial charge is 0.352 e. The predicted octanol–water partition coefficient (Wildman–Crippen LogP) is -0.147. The number of amides is 4. The average Bonchev–Trinajstić information content (AvgIpc) is 2.67. The Balaban J connectivity index is 5.17. The van der Waals surface area contributed by atoms with Gasteiger partial charge in [-0.25, -0.2) is 4.79 Å². The van der Waals surface area contributed by atoms with E-state index in [-0.39, 0.29) is 36.5 Å². The maximum absolute atomic E-state index is 12.9. The number of carbonyl (C=O) groups is 5. The van der Waals surface area contributed by atoms with Crippen molar-refractivity contribution in [2.45, 2.75) is 71.5 Å². The Morgan fingerprint density at radius 3 is 2.03 bits per heavy atom. The van der Waals surface area contributed by atoms with E-state index in [0.717, 1.165) is 6.29 Å². The molecule has 0 fully saturated rings. The fraction of sp³-hybridized carbons (Fsp3) is 0.750. The van der Waals surface area contributed by atoms with Crippen LogP contribution < -0.4 is 27.0 Å². The lowest BCUT2D eigenvalue weighted by molar-refractivity contribution is -0.133. The van der Waals surface area contributed by atoms with Gasteiger partial charge in [0.25, 0.3) is 0 Å². The summed E-state index contributed by atoms with van der Waals surface area (Å²) in [6.07, 6.45) is 2.07. The number of aldehydes is 1. The zero-order valence-electron chi connectivity index (χ0n) is 18.6. The SMILES string of the molecule is CNC(CCC=O)C(=O)NC(C(=O)NC(CCCNC(N)=O)C(=O)C(C)C)C(C)C. The van der Waals surface area contributed by atoms with E-state index in [4.69, 9.17) is 5.73 Å². The van der Waals surface area contributed by atoms with Crippen molar-refractivity contribution in [1.29, 1.82) is 0 Å². The molecule has 0 aromatic rings. The first-order chi connectivity index (χ1) is 14.0. The van der Waals surface area contributed by atoms with Crippen LogP contribution in [0.25, 0.3) is 0 Å². The quantitative estimate of drug-likeness (QED) is 0.180. The number of hydrogen-bond donors (Lipinski definition) is 5. The van der Waals surface area contributed by atoms with E-state index in [2.05, 4.69) is 21.3 Å². The van der Waals surface area contributed by atoms with Crippen LogP contribution >= 0.6 is 0 Å². The molecule has 3 unspecified atom stereocenters. The van der Waals surface area contributed by atoms with E-state index in [9.17, 15) is 24.0 Å². The Morgan fingerprint density at radius 1 is 0.933 bits per heavy atom. The monoisotopic (exact) mass is 427 g/mol. The van der Waals surface area contributed by atoms with E-state index in [1.165, 1.54) is 0 Å². The van der Waals surface area contributed by atoms with Crippen LogP contribution in [-0.4, -0.2) is 61.6 Å². The Hall–Kier alpha value is -2.49. The van der Waals surface area contributed by atoms with Crippen molar-refractivity contribution in [1.82, 2.24) is 21.3 Å². The Bertz CT molecular complexity index is 594. The third-order valence-corrected chi connectivity index (χ3v) is 4.68. The summed E-state index contributed by atoms with van der Waals surface area (Å²) in [5.41, 5.74) is 5.03. The first-order valence-corrected chi connectivity index (χ1v) is 10.3. The Morgan fingerprint density at radius 2 is 1.57 bits per heavy atom. The number of Topliss-reactive ketones (excluding diaryl/α,β-unsaturated/α-hetero) is 1. The number of hydrogen-bond acceptors (Lipinski definition) is 6. The molecular formula is C20H37N5O5. The van der Waals surface area contributed by atoms with Crippen molar-refractivity contribution >= 4 is 29.9 Å². The number of carbonyl (C=O) groups excluding carboxylic acids is 5. The zero-order valence-corrected chi connectivity index (χ0v) is 18.6. The number of urea groups is 1. The molecule has 0 saturated carbocycles. The molecule has 172 valence electrons. The molecule has 4 amide bonds. The third-order valence-electron chi connectivity index (χ3n) is 4.68. The maximum atomic E-state index is 12.9. The minimum absolute atomic E-state index is 0.129. The average molecular weight is 428 g/mol. The van der Waals surface area contributed by atoms with Gasteiger partial charge in [-0.15, -0.1) is 0 Å². The van der Waals surface area contributed by atoms with E-state index in [1.54, 1.807) is 34.7 Å². The topological polar surface area (TPSA) is 159 Å². The van der Waals surface area contributed by atoms with Crippen molar-refractivity contribution in [3.63, 3.8) is 0 Å². The first kappa shape index (κ1) is 27.5. The summed E-state index contributed by atoms with van der Waals surface area (Å²) in [4.78, 5) is 59.3. The van der Waals surface area contributed by atoms with Gasteiger partial charge in [0.2, 0.25) is 11.8 Å². The second-order valence-electron chi connectivity index (χ2n) is 7.87. The number of nitrogens with two attached hydrogens (primary N) is 1. The van der Waals surface area contributed by atoms with Crippen LogP contribution in [0.2, 0.25) is 0 Å². The van der Waals surface area contributed by atoms with Crippen LogP contribution in [0.3, 0.4) is 0 Å². The van der Waals surface area contributed by atoms with Crippen molar-refractivity contribution in [2.24, 2.45) is 17.6 Å². The minimum Gasteiger partial charge on any atom is -0.352 e. The fourth-order valence-electron chi connectivity index (χ4n) is 2.90. The molecule has 0 aliphatic rings. The Labute approximate surface area is 178 Å². The van der Waals surface area contributed by atoms with Gasteiger partial charge in [-0.2, -0.15) is 0 Å². The van der Waals surface area contributed by atoms with Gasteiger partial charge in [0.1, 0.15) is 12.3 Å². The summed E-state index contributed by atoms with van der Waals surface area (Å²) < 4.78 is 0. The summed E-state index contributed by atoms with van der Waals surface area (Å²) in [5.74, 6) is -1.47. The molecule has 0 aliphatic heterocycles. The van der Waals surface area contributed by atoms with Gasteiger partial charge in [0.05, 0.1) is 12.1 Å². The van der Waals surface area contributed by atoms with Crippen LogP contribution in [0.5, 0.6) is 0 Å². The van der Waals surface area contributed by atoms with E-state index >= 15 is 0 Å². The molecule has 0 spiro atoms. The summed E-state index contributed by atoms with van der Waals surface area (Å²) >= 11 is 0. The molecule has 30 heavy (non-hydrogen) atoms. The summed E-state index contributed by atoms with van der Waals surface area (Å²) in [6, 6.07) is -2.82. The third kappa shape index (κ3) is 10.3. The van der Waals surface area contributed by atoms with Crippen molar-refractivity contribution in [3.05, 3.63) is 0 Å². The van der Waals surface area contributed by atoms with Crippen LogP contribution in [0.1, 0.15) is 53.4 Å². The maximum Gasteiger partial charge on any atom is 0.312 e. The van der Waals surface area contributed by atoms with Crippen molar-refractivity contribution in [2.75, 3.05) is 13.6 Å². The van der Waals surface area contributed by atoms with E-state index in [0.29, 0.717) is 19.3 Å². The molecule has 6 N–H and O–H groups in total. The molecule has 0 bridgehead atoms. The molecule has 10 heteroatoms. The number of likely N-dealkylation sites (N-methyl/N-ethyl adjacent to an activating group) is 1. The molecule has 10 nitrogen and oxygen atoms in total. The van der Waals surface area contributed by atoms with Crippen LogP contribution in [0, 0.1) is 11.8 Å². The highest BCUT2D eigenvalue weighted by atomic mass is 16.2. The predicted molar refractivity (Wildman–Crippen MR) is 114 cm³/mol. The van der Waals surface area contributed by atoms with E-state index in [1.807, 2.05) is 0 Å². The number of rotatable bonds is 15. The highest BCUT2D eigenvalue weighted by Crippen LogP contribution is 2.09. The number of ketones is 1. The van der Waals surface area contributed by atoms with E-state index < -0.39 is 30.1 Å². The van der Waals surface area contributed by atoms with Crippen LogP contribution in [0.4, 0.5) is 4.79 Å². The van der Waals surface area contributed by atoms with Gasteiger partial charge >= 0.3 is 6.03 Å². The highest BCUT2D eigenvalue weighted by Gasteiger charge is 2.30. The van der Waals surface area contributed by atoms with Crippen LogP contribution in [0.15, 0.2) is 0 Å². The molecule has 0 rings (SSSR count). The van der Waals surface area contributed by atoms with Crippen molar-refractivity contribution in [3.8, 4) is 0 Å². The lowest BCUT2D eigenvalue weighted by Crippen LogP contribution is -2.57. The second kappa shape index (κ2) is 14.5. The van der Waals surface area contributed by atoms with Gasteiger partial charge in [0, 0.05) is 18.9 Å². The Kier molecular flexibility index (Phi) is 13.3. The second-order valence-corrected chi connectivity index (χ2v) is 7.87. The minimum atomic E-state index is -0.837. The van der Waals surface area contributed by atoms with Crippen LogP contribution in [-0.2, 0) is 19.2 Å². The molecule has 0 aromatic carbocycles. The zero-order chi connectivity index (χ0) is 23.3. The highest BCUT2D eigenvalue weighted by molar-refractivity contribution is 5.94. The molecular weight excluding hydrogens is 390 g/mol. The molecule has 3 atom stereocenters. The smallest absolute Gasteiger partial charge is 0.312 e. The molecule has 0 aliphatic carbocycles. The van der Waals surface area contributed by atoms with Gasteiger partial charge in [-0.05, 0) is 32.2 Å². The van der Waals surface area contributed by atoms with Gasteiger partial charge in [0.15, 0.2) is 5.78 Å². The van der Waals surface area contributed by atoms with Crippen molar-refractivity contribution < 1.29 is 24.0 Å². The van der Waals surface area contributed by atoms with Gasteiger partial charge in [-0.3, -0.25) is 14.4 Å². The number of primary amides is 1. The first-order valence-electron chi connectivity index (χ1n) is 10.3. The standard InChI is InChI=1S/C20H37N5O5/c1-12(2)16(25-18(28)15(22-5)9-7-11-26)19(29)24-14(17(27)13(3)4)8-6-10-23-20(21)30/h11-16,22H,6-10H2,1-5H3,(H,24,29)(H,25,28)(H3,21,23,30). The summed E-state index contributed by atoms with van der Waals surface area (Å²) in [5, 5.41) is 10.8. The molecule has 0 saturated heterocycles. The number of nitrogens with one attached hydrogen (secondary N) is 4.